The number of nitrogens with zero attached hydrogens (tertiary/aromatic N) is 3. The highest BCUT2D eigenvalue weighted by molar-refractivity contribution is 7.99. The van der Waals surface area contributed by atoms with Gasteiger partial charge in [-0.2, -0.15) is 0 Å². The van der Waals surface area contributed by atoms with Gasteiger partial charge in [-0.1, -0.05) is 6.92 Å². The van der Waals surface area contributed by atoms with E-state index in [1.54, 1.807) is 11.8 Å². The van der Waals surface area contributed by atoms with Crippen LogP contribution in [0, 0.1) is 0 Å². The quantitative estimate of drug-likeness (QED) is 0.529. The van der Waals surface area contributed by atoms with Gasteiger partial charge in [-0.05, 0) is 27.4 Å². The van der Waals surface area contributed by atoms with E-state index in [9.17, 15) is 0 Å². The minimum absolute atomic E-state index is 0.472. The lowest BCUT2D eigenvalue weighted by molar-refractivity contribution is 0.128. The van der Waals surface area contributed by atoms with E-state index in [1.807, 2.05) is 13.0 Å². The Morgan fingerprint density at radius 1 is 1.30 bits per heavy atom. The summed E-state index contributed by atoms with van der Waals surface area (Å²) in [7, 11) is 4.16. The van der Waals surface area contributed by atoms with Crippen molar-refractivity contribution in [1.29, 1.82) is 0 Å². The largest absolute Gasteiger partial charge is 0.374 e. The van der Waals surface area contributed by atoms with Crippen molar-refractivity contribution < 1.29 is 4.74 Å². The summed E-state index contributed by atoms with van der Waals surface area (Å²) < 4.78 is 5.41. The first kappa shape index (κ1) is 17.2. The maximum absolute atomic E-state index is 5.41. The van der Waals surface area contributed by atoms with Crippen molar-refractivity contribution in [3.63, 3.8) is 0 Å². The molecule has 0 amide bonds. The van der Waals surface area contributed by atoms with Gasteiger partial charge in [0.25, 0.3) is 0 Å². The molecule has 0 saturated heterocycles. The molecule has 0 radical (unpaired) electrons. The second-order valence-corrected chi connectivity index (χ2v) is 5.84. The molecule has 0 aromatic carbocycles. The molecule has 0 bridgehead atoms. The monoisotopic (exact) mass is 298 g/mol. The maximum atomic E-state index is 5.41. The molecule has 1 heterocycles. The fourth-order valence-corrected chi connectivity index (χ4v) is 2.51. The van der Waals surface area contributed by atoms with Gasteiger partial charge in [0.05, 0.1) is 0 Å². The molecule has 0 fully saturated rings. The van der Waals surface area contributed by atoms with Gasteiger partial charge in [-0.3, -0.25) is 0 Å². The normalized spacial score (nSPS) is 11.1. The van der Waals surface area contributed by atoms with Crippen molar-refractivity contribution in [3.05, 3.63) is 11.9 Å². The van der Waals surface area contributed by atoms with Crippen molar-refractivity contribution in [1.82, 2.24) is 14.9 Å². The van der Waals surface area contributed by atoms with Crippen LogP contribution in [0.2, 0.25) is 0 Å². The summed E-state index contributed by atoms with van der Waals surface area (Å²) in [5.74, 6) is 2.66. The van der Waals surface area contributed by atoms with Gasteiger partial charge in [0.1, 0.15) is 17.5 Å². The number of hydrogen-bond donors (Lipinski definition) is 1. The van der Waals surface area contributed by atoms with Gasteiger partial charge in [-0.15, -0.1) is 11.8 Å². The Bertz CT molecular complexity index is 361. The van der Waals surface area contributed by atoms with Crippen molar-refractivity contribution in [3.8, 4) is 0 Å². The lowest BCUT2D eigenvalue weighted by Crippen LogP contribution is -2.15. The molecular weight excluding hydrogens is 272 g/mol. The molecule has 0 spiro atoms. The molecule has 0 aliphatic carbocycles. The summed E-state index contributed by atoms with van der Waals surface area (Å²) in [5, 5.41) is 4.33. The summed E-state index contributed by atoms with van der Waals surface area (Å²) in [5.41, 5.74) is 0. The van der Waals surface area contributed by atoms with E-state index in [2.05, 4.69) is 41.2 Å². The second kappa shape index (κ2) is 9.96. The van der Waals surface area contributed by atoms with E-state index in [0.29, 0.717) is 13.2 Å². The molecule has 0 aliphatic rings. The summed E-state index contributed by atoms with van der Waals surface area (Å²) in [6, 6.07) is 2.02. The minimum atomic E-state index is 0.472. The Labute approximate surface area is 126 Å². The predicted molar refractivity (Wildman–Crippen MR) is 85.4 cm³/mol. The van der Waals surface area contributed by atoms with Gasteiger partial charge < -0.3 is 15.0 Å². The van der Waals surface area contributed by atoms with Crippen molar-refractivity contribution in [2.75, 3.05) is 44.9 Å². The highest BCUT2D eigenvalue weighted by Gasteiger charge is 2.05. The molecule has 1 N–H and O–H groups in total. The lowest BCUT2D eigenvalue weighted by atomic mass is 10.4. The van der Waals surface area contributed by atoms with E-state index in [4.69, 9.17) is 4.74 Å². The third-order valence-corrected chi connectivity index (χ3v) is 3.42. The molecule has 1 aromatic rings. The molecule has 0 aliphatic heterocycles. The zero-order chi connectivity index (χ0) is 14.8. The van der Waals surface area contributed by atoms with Crippen LogP contribution in [0.25, 0.3) is 0 Å². The molecular formula is C14H26N4OS. The molecule has 5 nitrogen and oxygen atoms in total. The van der Waals surface area contributed by atoms with E-state index in [0.717, 1.165) is 41.9 Å². The Morgan fingerprint density at radius 2 is 2.10 bits per heavy atom. The topological polar surface area (TPSA) is 50.3 Å². The summed E-state index contributed by atoms with van der Waals surface area (Å²) in [6.45, 7) is 7.23. The van der Waals surface area contributed by atoms with Gasteiger partial charge in [0, 0.05) is 31.5 Å². The lowest BCUT2D eigenvalue weighted by Gasteiger charge is -2.11. The fourth-order valence-electron chi connectivity index (χ4n) is 1.48. The van der Waals surface area contributed by atoms with Crippen LogP contribution in [0.3, 0.4) is 0 Å². The van der Waals surface area contributed by atoms with Crippen molar-refractivity contribution in [2.45, 2.75) is 31.9 Å². The number of anilines is 1. The average molecular weight is 298 g/mol. The van der Waals surface area contributed by atoms with Crippen LogP contribution in [-0.4, -0.2) is 54.4 Å². The van der Waals surface area contributed by atoms with Crippen LogP contribution in [0.5, 0.6) is 0 Å². The van der Waals surface area contributed by atoms with Crippen LogP contribution in [0.15, 0.2) is 11.1 Å². The predicted octanol–water partition coefficient (Wildman–Crippen LogP) is 2.49. The zero-order valence-corrected chi connectivity index (χ0v) is 13.8. The number of ether oxygens (including phenoxy) is 1. The van der Waals surface area contributed by atoms with Gasteiger partial charge in [0.15, 0.2) is 5.82 Å². The van der Waals surface area contributed by atoms with Crippen molar-refractivity contribution >= 4 is 17.6 Å². The maximum Gasteiger partial charge on any atom is 0.157 e. The van der Waals surface area contributed by atoms with Gasteiger partial charge >= 0.3 is 0 Å². The number of thioether (sulfide) groups is 1. The third kappa shape index (κ3) is 7.07. The van der Waals surface area contributed by atoms with E-state index >= 15 is 0 Å². The van der Waals surface area contributed by atoms with Gasteiger partial charge in [0.2, 0.25) is 0 Å². The Hall–Kier alpha value is -0.850. The van der Waals surface area contributed by atoms with Crippen LogP contribution < -0.4 is 5.32 Å². The zero-order valence-electron chi connectivity index (χ0n) is 13.0. The third-order valence-electron chi connectivity index (χ3n) is 2.53. The Balaban J connectivity index is 2.68. The number of hydrogen-bond acceptors (Lipinski definition) is 6. The summed E-state index contributed by atoms with van der Waals surface area (Å²) in [6.07, 6.45) is 1.08. The highest BCUT2D eigenvalue weighted by Crippen LogP contribution is 2.19. The molecule has 0 saturated carbocycles. The van der Waals surface area contributed by atoms with Crippen LogP contribution in [0.1, 0.15) is 26.1 Å². The van der Waals surface area contributed by atoms with Crippen molar-refractivity contribution in [2.24, 2.45) is 0 Å². The van der Waals surface area contributed by atoms with E-state index in [-0.39, 0.29) is 0 Å². The number of nitrogens with one attached hydrogen (secondary N) is 1. The van der Waals surface area contributed by atoms with E-state index in [1.165, 1.54) is 0 Å². The Morgan fingerprint density at radius 3 is 2.75 bits per heavy atom. The molecule has 20 heavy (non-hydrogen) atoms. The molecule has 6 heteroatoms. The molecule has 0 atom stereocenters. The smallest absolute Gasteiger partial charge is 0.157 e. The standard InChI is InChI=1S/C14H26N4OS/c1-5-7-15-12-10-14(20-9-8-18(3)4)17-13(16-12)11-19-6-2/h10H,5-9,11H2,1-4H3,(H,15,16,17). The first-order valence-electron chi connectivity index (χ1n) is 7.12. The minimum Gasteiger partial charge on any atom is -0.374 e. The van der Waals surface area contributed by atoms with Crippen LogP contribution in [-0.2, 0) is 11.3 Å². The molecule has 1 rings (SSSR count). The molecule has 1 aromatic heterocycles. The first-order chi connectivity index (χ1) is 9.65. The fraction of sp³-hybridized carbons (Fsp3) is 0.714. The highest BCUT2D eigenvalue weighted by atomic mass is 32.2. The van der Waals surface area contributed by atoms with Gasteiger partial charge in [-0.25, -0.2) is 9.97 Å². The number of aromatic nitrogens is 2. The SMILES string of the molecule is CCCNc1cc(SCCN(C)C)nc(COCC)n1. The van der Waals surface area contributed by atoms with Crippen LogP contribution >= 0.6 is 11.8 Å². The average Bonchev–Trinajstić information content (AvgIpc) is 2.42. The molecule has 114 valence electrons. The first-order valence-corrected chi connectivity index (χ1v) is 8.11. The Kier molecular flexibility index (Phi) is 8.57. The molecule has 0 unspecified atom stereocenters. The van der Waals surface area contributed by atoms with Crippen LogP contribution in [0.4, 0.5) is 5.82 Å². The number of rotatable bonds is 10. The second-order valence-electron chi connectivity index (χ2n) is 4.72. The summed E-state index contributed by atoms with van der Waals surface area (Å²) in [4.78, 5) is 11.2. The van der Waals surface area contributed by atoms with E-state index < -0.39 is 0 Å². The summed E-state index contributed by atoms with van der Waals surface area (Å²) >= 11 is 1.76.